The van der Waals surface area contributed by atoms with Gasteiger partial charge in [0.25, 0.3) is 0 Å². The number of hydrogen-bond acceptors (Lipinski definition) is 7. The molecule has 0 amide bonds. The Bertz CT molecular complexity index is 1050. The van der Waals surface area contributed by atoms with Gasteiger partial charge < -0.3 is 15.5 Å². The molecule has 2 N–H and O–H groups in total. The number of rotatable bonds is 7. The molecule has 152 valence electrons. The van der Waals surface area contributed by atoms with Gasteiger partial charge in [-0.2, -0.15) is 4.52 Å². The number of aryl methyl sites for hydroxylation is 1. The van der Waals surface area contributed by atoms with Crippen molar-refractivity contribution in [3.8, 4) is 0 Å². The Morgan fingerprint density at radius 2 is 1.86 bits per heavy atom. The SMILES string of the molecule is CNc1nn2c(NCCN(C)C)cc(C)nc2c1S(=O)(=O)c1ccccc1.Cl. The zero-order valence-electron chi connectivity index (χ0n) is 16.3. The van der Waals surface area contributed by atoms with E-state index in [0.717, 1.165) is 6.54 Å². The minimum absolute atomic E-state index is 0. The summed E-state index contributed by atoms with van der Waals surface area (Å²) in [6, 6.07) is 10.2. The molecule has 1 aromatic carbocycles. The predicted octanol–water partition coefficient (Wildman–Crippen LogP) is 2.31. The summed E-state index contributed by atoms with van der Waals surface area (Å²) in [5, 5.41) is 10.7. The van der Waals surface area contributed by atoms with Gasteiger partial charge in [-0.1, -0.05) is 18.2 Å². The molecule has 0 spiro atoms. The van der Waals surface area contributed by atoms with Gasteiger partial charge in [0.05, 0.1) is 4.90 Å². The first-order chi connectivity index (χ1) is 12.8. The summed E-state index contributed by atoms with van der Waals surface area (Å²) >= 11 is 0. The Kier molecular flexibility index (Phi) is 6.87. The van der Waals surface area contributed by atoms with Crippen molar-refractivity contribution in [2.45, 2.75) is 16.7 Å². The van der Waals surface area contributed by atoms with Crippen molar-refractivity contribution in [3.63, 3.8) is 0 Å². The topological polar surface area (TPSA) is 91.6 Å². The molecule has 2 aromatic heterocycles. The zero-order valence-corrected chi connectivity index (χ0v) is 17.9. The first-order valence-corrected chi connectivity index (χ1v) is 10.1. The van der Waals surface area contributed by atoms with Crippen LogP contribution in [0, 0.1) is 6.92 Å². The highest BCUT2D eigenvalue weighted by Crippen LogP contribution is 2.31. The summed E-state index contributed by atoms with van der Waals surface area (Å²) in [5.74, 6) is 0.970. The molecule has 0 aliphatic carbocycles. The summed E-state index contributed by atoms with van der Waals surface area (Å²) in [5.41, 5.74) is 1.01. The van der Waals surface area contributed by atoms with Gasteiger partial charge >= 0.3 is 0 Å². The molecule has 3 rings (SSSR count). The van der Waals surface area contributed by atoms with Crippen molar-refractivity contribution >= 4 is 39.5 Å². The van der Waals surface area contributed by atoms with E-state index in [-0.39, 0.29) is 28.0 Å². The van der Waals surface area contributed by atoms with E-state index in [4.69, 9.17) is 0 Å². The van der Waals surface area contributed by atoms with E-state index in [0.29, 0.717) is 23.7 Å². The van der Waals surface area contributed by atoms with Gasteiger partial charge in [0, 0.05) is 31.9 Å². The van der Waals surface area contributed by atoms with Crippen molar-refractivity contribution in [2.24, 2.45) is 0 Å². The fourth-order valence-corrected chi connectivity index (χ4v) is 4.30. The van der Waals surface area contributed by atoms with Crippen molar-refractivity contribution in [3.05, 3.63) is 42.1 Å². The largest absolute Gasteiger partial charge is 0.370 e. The Morgan fingerprint density at radius 3 is 2.46 bits per heavy atom. The van der Waals surface area contributed by atoms with Gasteiger partial charge in [0.2, 0.25) is 9.84 Å². The van der Waals surface area contributed by atoms with E-state index in [2.05, 4.69) is 25.6 Å². The predicted molar refractivity (Wildman–Crippen MR) is 113 cm³/mol. The molecular weight excluding hydrogens is 400 g/mol. The summed E-state index contributed by atoms with van der Waals surface area (Å²) < 4.78 is 28.1. The Balaban J connectivity index is 0.00000280. The van der Waals surface area contributed by atoms with E-state index in [1.54, 1.807) is 41.9 Å². The summed E-state index contributed by atoms with van der Waals surface area (Å²) in [4.78, 5) is 6.82. The highest BCUT2D eigenvalue weighted by atomic mass is 35.5. The second kappa shape index (κ2) is 8.76. The van der Waals surface area contributed by atoms with Gasteiger partial charge in [-0.05, 0) is 33.2 Å². The van der Waals surface area contributed by atoms with E-state index in [1.165, 1.54) is 0 Å². The molecule has 2 heterocycles. The van der Waals surface area contributed by atoms with Crippen molar-refractivity contribution in [2.75, 3.05) is 44.9 Å². The maximum Gasteiger partial charge on any atom is 0.214 e. The molecule has 3 aromatic rings. The van der Waals surface area contributed by atoms with E-state index in [1.807, 2.05) is 27.1 Å². The van der Waals surface area contributed by atoms with Crippen LogP contribution in [0.1, 0.15) is 5.69 Å². The number of halogens is 1. The maximum atomic E-state index is 13.3. The van der Waals surface area contributed by atoms with E-state index in [9.17, 15) is 8.42 Å². The molecule has 0 fully saturated rings. The molecule has 0 saturated heterocycles. The molecule has 0 aliphatic heterocycles. The lowest BCUT2D eigenvalue weighted by Crippen LogP contribution is -2.21. The number of fused-ring (bicyclic) bond motifs is 1. The van der Waals surface area contributed by atoms with Gasteiger partial charge in [-0.25, -0.2) is 13.4 Å². The smallest absolute Gasteiger partial charge is 0.214 e. The molecule has 0 radical (unpaired) electrons. The number of nitrogens with one attached hydrogen (secondary N) is 2. The lowest BCUT2D eigenvalue weighted by molar-refractivity contribution is 0.425. The molecule has 10 heteroatoms. The van der Waals surface area contributed by atoms with Crippen LogP contribution in [0.3, 0.4) is 0 Å². The van der Waals surface area contributed by atoms with Crippen LogP contribution >= 0.6 is 12.4 Å². The van der Waals surface area contributed by atoms with Crippen molar-refractivity contribution < 1.29 is 8.42 Å². The molecule has 0 atom stereocenters. The molecule has 0 saturated carbocycles. The highest BCUT2D eigenvalue weighted by Gasteiger charge is 2.29. The van der Waals surface area contributed by atoms with Crippen molar-refractivity contribution in [1.29, 1.82) is 0 Å². The standard InChI is InChI=1S/C18H24N6O2S.ClH/c1-13-12-15(20-10-11-23(3)4)24-18(21-13)16(17(19-2)22-24)27(25,26)14-8-6-5-7-9-14;/h5-9,12,20H,10-11H2,1-4H3,(H,19,22);1H. The molecule has 28 heavy (non-hydrogen) atoms. The highest BCUT2D eigenvalue weighted by molar-refractivity contribution is 7.91. The quantitative estimate of drug-likeness (QED) is 0.601. The van der Waals surface area contributed by atoms with Gasteiger partial charge in [-0.3, -0.25) is 0 Å². The molecule has 8 nitrogen and oxygen atoms in total. The first-order valence-electron chi connectivity index (χ1n) is 8.61. The summed E-state index contributed by atoms with van der Waals surface area (Å²) in [6.45, 7) is 3.36. The third-order valence-electron chi connectivity index (χ3n) is 4.10. The van der Waals surface area contributed by atoms with Crippen molar-refractivity contribution in [1.82, 2.24) is 19.5 Å². The van der Waals surface area contributed by atoms with Crippen LogP contribution in [0.2, 0.25) is 0 Å². The number of anilines is 2. The number of hydrogen-bond donors (Lipinski definition) is 2. The van der Waals surface area contributed by atoms with Crippen LogP contribution in [-0.2, 0) is 9.84 Å². The lowest BCUT2D eigenvalue weighted by atomic mass is 10.4. The van der Waals surface area contributed by atoms with Crippen LogP contribution in [0.5, 0.6) is 0 Å². The Morgan fingerprint density at radius 1 is 1.18 bits per heavy atom. The van der Waals surface area contributed by atoms with Gasteiger partial charge in [0.1, 0.15) is 5.82 Å². The van der Waals surface area contributed by atoms with Crippen LogP contribution in [-0.4, -0.2) is 62.1 Å². The first kappa shape index (κ1) is 21.9. The Hall–Kier alpha value is -2.36. The minimum atomic E-state index is -3.78. The average Bonchev–Trinajstić information content (AvgIpc) is 3.01. The summed E-state index contributed by atoms with van der Waals surface area (Å²) in [6.07, 6.45) is 0. The normalized spacial score (nSPS) is 11.5. The monoisotopic (exact) mass is 424 g/mol. The zero-order chi connectivity index (χ0) is 19.6. The van der Waals surface area contributed by atoms with Gasteiger partial charge in [-0.15, -0.1) is 17.5 Å². The lowest BCUT2D eigenvalue weighted by Gasteiger charge is -2.12. The van der Waals surface area contributed by atoms with Crippen LogP contribution in [0.15, 0.2) is 46.2 Å². The minimum Gasteiger partial charge on any atom is -0.370 e. The van der Waals surface area contributed by atoms with E-state index >= 15 is 0 Å². The average molecular weight is 425 g/mol. The molecule has 0 aliphatic rings. The molecule has 0 bridgehead atoms. The third-order valence-corrected chi connectivity index (χ3v) is 5.91. The van der Waals surface area contributed by atoms with Crippen LogP contribution in [0.25, 0.3) is 5.65 Å². The maximum absolute atomic E-state index is 13.3. The number of likely N-dealkylation sites (N-methyl/N-ethyl adjacent to an activating group) is 1. The number of sulfone groups is 1. The van der Waals surface area contributed by atoms with E-state index < -0.39 is 9.84 Å². The number of nitrogens with zero attached hydrogens (tertiary/aromatic N) is 4. The second-order valence-electron chi connectivity index (χ2n) is 6.49. The molecular formula is C18H25ClN6O2S. The second-order valence-corrected chi connectivity index (χ2v) is 8.38. The van der Waals surface area contributed by atoms with Crippen LogP contribution in [0.4, 0.5) is 11.6 Å². The Labute approximate surface area is 171 Å². The molecule has 0 unspecified atom stereocenters. The number of aromatic nitrogens is 3. The third kappa shape index (κ3) is 4.21. The number of benzene rings is 1. The fraction of sp³-hybridized carbons (Fsp3) is 0.333. The summed E-state index contributed by atoms with van der Waals surface area (Å²) in [7, 11) is 1.86. The van der Waals surface area contributed by atoms with Gasteiger partial charge in [0.15, 0.2) is 16.4 Å². The fourth-order valence-electron chi connectivity index (χ4n) is 2.78. The van der Waals surface area contributed by atoms with Crippen LogP contribution < -0.4 is 10.6 Å².